The van der Waals surface area contributed by atoms with Gasteiger partial charge in [-0.25, -0.2) is 0 Å². The number of benzene rings is 1. The fourth-order valence-corrected chi connectivity index (χ4v) is 7.16. The molecule has 0 spiro atoms. The number of halogens is 1. The van der Waals surface area contributed by atoms with Crippen LogP contribution in [0.5, 0.6) is 0 Å². The minimum absolute atomic E-state index is 0.251. The topological polar surface area (TPSA) is 66.1 Å². The summed E-state index contributed by atoms with van der Waals surface area (Å²) in [6.07, 6.45) is 6.11. The summed E-state index contributed by atoms with van der Waals surface area (Å²) >= 11 is 6.09. The van der Waals surface area contributed by atoms with E-state index < -0.39 is 0 Å². The smallest absolute Gasteiger partial charge is 0.293 e. The molecule has 0 saturated carbocycles. The number of carbonyl (C=O) groups is 2. The predicted octanol–water partition coefficient (Wildman–Crippen LogP) is 6.91. The molecule has 0 N–H and O–H groups in total. The molecular weight excluding hydrogens is 530 g/mol. The first-order chi connectivity index (χ1) is 16.4. The van der Waals surface area contributed by atoms with Crippen LogP contribution in [0.15, 0.2) is 39.7 Å². The van der Waals surface area contributed by atoms with Crippen molar-refractivity contribution in [2.75, 3.05) is 0 Å². The first-order valence-corrected chi connectivity index (χ1v) is 13.5. The van der Waals surface area contributed by atoms with Crippen molar-refractivity contribution in [3.05, 3.63) is 78.2 Å². The maximum Gasteiger partial charge on any atom is 0.293 e. The lowest BCUT2D eigenvalue weighted by molar-refractivity contribution is -0.123. The number of aryl methyl sites for hydroxylation is 2. The van der Waals surface area contributed by atoms with Crippen LogP contribution in [0.3, 0.4) is 0 Å². The summed E-state index contributed by atoms with van der Waals surface area (Å²) in [6.45, 7) is 4.27. The Kier molecular flexibility index (Phi) is 6.28. The molecular formula is C26H22BrN3O2S2. The van der Waals surface area contributed by atoms with E-state index >= 15 is 0 Å². The normalized spacial score (nSPS) is 16.9. The van der Waals surface area contributed by atoms with Crippen molar-refractivity contribution >= 4 is 56.3 Å². The maximum atomic E-state index is 13.1. The molecule has 1 saturated heterocycles. The molecule has 3 heterocycles. The number of imide groups is 1. The number of thioether (sulfide) groups is 1. The van der Waals surface area contributed by atoms with Crippen LogP contribution in [0.25, 0.3) is 11.1 Å². The molecule has 2 aromatic heterocycles. The molecule has 8 heteroatoms. The lowest BCUT2D eigenvalue weighted by atomic mass is 9.96. The largest absolute Gasteiger partial charge is 0.308 e. The molecule has 3 aromatic rings. The number of nitrogens with zero attached hydrogens (tertiary/aromatic N) is 3. The number of hydrogen-bond donors (Lipinski definition) is 0. The third-order valence-corrected chi connectivity index (χ3v) is 9.07. The van der Waals surface area contributed by atoms with Crippen molar-refractivity contribution in [2.45, 2.75) is 46.1 Å². The Morgan fingerprint density at radius 3 is 2.62 bits per heavy atom. The van der Waals surface area contributed by atoms with Gasteiger partial charge in [0.05, 0.1) is 17.0 Å². The molecule has 1 fully saturated rings. The summed E-state index contributed by atoms with van der Waals surface area (Å²) in [6, 6.07) is 12.1. The van der Waals surface area contributed by atoms with E-state index in [0.29, 0.717) is 4.91 Å². The van der Waals surface area contributed by atoms with Crippen molar-refractivity contribution < 1.29 is 9.59 Å². The fourth-order valence-electron chi connectivity index (χ4n) is 4.62. The number of aromatic nitrogens is 1. The Labute approximate surface area is 215 Å². The van der Waals surface area contributed by atoms with Gasteiger partial charge in [-0.3, -0.25) is 14.5 Å². The summed E-state index contributed by atoms with van der Waals surface area (Å²) in [4.78, 5) is 28.7. The summed E-state index contributed by atoms with van der Waals surface area (Å²) in [5.41, 5.74) is 5.75. The van der Waals surface area contributed by atoms with Crippen LogP contribution >= 0.6 is 39.0 Å². The van der Waals surface area contributed by atoms with E-state index in [4.69, 9.17) is 0 Å². The van der Waals surface area contributed by atoms with E-state index in [1.165, 1.54) is 21.8 Å². The van der Waals surface area contributed by atoms with Crippen molar-refractivity contribution in [3.63, 3.8) is 0 Å². The van der Waals surface area contributed by atoms with Crippen LogP contribution in [-0.2, 0) is 24.2 Å². The second kappa shape index (κ2) is 9.21. The van der Waals surface area contributed by atoms with Gasteiger partial charge in [0.2, 0.25) is 0 Å². The number of carbonyl (C=O) groups excluding carboxylic acids is 2. The zero-order chi connectivity index (χ0) is 24.0. The Hall–Kier alpha value is -2.60. The highest BCUT2D eigenvalue weighted by atomic mass is 79.9. The van der Waals surface area contributed by atoms with Crippen molar-refractivity contribution in [1.29, 1.82) is 5.26 Å². The molecule has 0 radical (unpaired) electrons. The van der Waals surface area contributed by atoms with Crippen LogP contribution in [0.1, 0.15) is 51.4 Å². The van der Waals surface area contributed by atoms with E-state index in [-0.39, 0.29) is 17.7 Å². The van der Waals surface area contributed by atoms with Gasteiger partial charge in [0, 0.05) is 20.7 Å². The number of rotatable bonds is 4. The van der Waals surface area contributed by atoms with Crippen LogP contribution in [0, 0.1) is 25.2 Å². The highest BCUT2D eigenvalue weighted by Gasteiger charge is 2.35. The third-order valence-electron chi connectivity index (χ3n) is 6.35. The van der Waals surface area contributed by atoms with Crippen LogP contribution in [0.2, 0.25) is 0 Å². The van der Waals surface area contributed by atoms with E-state index in [9.17, 15) is 14.9 Å². The zero-order valence-electron chi connectivity index (χ0n) is 18.9. The highest BCUT2D eigenvalue weighted by Crippen LogP contribution is 2.39. The van der Waals surface area contributed by atoms with Gasteiger partial charge < -0.3 is 4.57 Å². The molecule has 34 heavy (non-hydrogen) atoms. The Balaban J connectivity index is 1.47. The van der Waals surface area contributed by atoms with Gasteiger partial charge >= 0.3 is 0 Å². The second-order valence-electron chi connectivity index (χ2n) is 8.56. The average Bonchev–Trinajstić information content (AvgIpc) is 3.41. The summed E-state index contributed by atoms with van der Waals surface area (Å²) in [7, 11) is 0. The minimum atomic E-state index is -0.271. The minimum Gasteiger partial charge on any atom is -0.308 e. The number of hydrogen-bond acceptors (Lipinski definition) is 5. The van der Waals surface area contributed by atoms with E-state index in [1.807, 2.05) is 50.3 Å². The van der Waals surface area contributed by atoms with Crippen molar-refractivity contribution in [3.8, 4) is 11.1 Å². The Bertz CT molecular complexity index is 1390. The SMILES string of the molecule is Cc1cc(/C=C2\SC(=O)N(Cc3ccc(Br)cc3)C2=O)c(C)n1-c1sc2c(c1C#N)CCCC2. The van der Waals surface area contributed by atoms with E-state index in [1.54, 1.807) is 11.3 Å². The van der Waals surface area contributed by atoms with Gasteiger partial charge in [-0.15, -0.1) is 11.3 Å². The summed E-state index contributed by atoms with van der Waals surface area (Å²) < 4.78 is 3.08. The highest BCUT2D eigenvalue weighted by molar-refractivity contribution is 9.10. The lowest BCUT2D eigenvalue weighted by Gasteiger charge is -2.12. The molecule has 0 atom stereocenters. The number of fused-ring (bicyclic) bond motifs is 1. The third kappa shape index (κ3) is 4.06. The molecule has 2 aliphatic rings. The molecule has 2 amide bonds. The summed E-state index contributed by atoms with van der Waals surface area (Å²) in [5, 5.41) is 10.6. The lowest BCUT2D eigenvalue weighted by Crippen LogP contribution is -2.27. The number of nitriles is 1. The first kappa shape index (κ1) is 23.2. The van der Waals surface area contributed by atoms with E-state index in [2.05, 4.69) is 26.6 Å². The molecule has 1 aliphatic carbocycles. The molecule has 0 unspecified atom stereocenters. The van der Waals surface area contributed by atoms with Gasteiger partial charge in [-0.05, 0) is 92.3 Å². The van der Waals surface area contributed by atoms with Crippen molar-refractivity contribution in [1.82, 2.24) is 9.47 Å². The molecule has 5 rings (SSSR count). The number of amides is 2. The van der Waals surface area contributed by atoms with Gasteiger partial charge in [0.25, 0.3) is 11.1 Å². The Morgan fingerprint density at radius 1 is 1.15 bits per heavy atom. The quantitative estimate of drug-likeness (QED) is 0.330. The van der Waals surface area contributed by atoms with Gasteiger partial charge in [-0.1, -0.05) is 28.1 Å². The maximum absolute atomic E-state index is 13.1. The average molecular weight is 553 g/mol. The Morgan fingerprint density at radius 2 is 1.88 bits per heavy atom. The summed E-state index contributed by atoms with van der Waals surface area (Å²) in [5.74, 6) is -0.271. The standard InChI is InChI=1S/C26H22BrN3O2S2/c1-15-11-18(16(2)30(15)25-21(13-28)20-5-3-4-6-22(20)33-25)12-23-24(31)29(26(32)34-23)14-17-7-9-19(27)10-8-17/h7-12H,3-6,14H2,1-2H3/b23-12-. The number of thiophene rings is 1. The molecule has 1 aliphatic heterocycles. The van der Waals surface area contributed by atoms with Crippen molar-refractivity contribution in [2.24, 2.45) is 0 Å². The molecule has 0 bridgehead atoms. The van der Waals surface area contributed by atoms with Gasteiger partial charge in [-0.2, -0.15) is 5.26 Å². The van der Waals surface area contributed by atoms with Gasteiger partial charge in [0.1, 0.15) is 11.1 Å². The monoisotopic (exact) mass is 551 g/mol. The zero-order valence-corrected chi connectivity index (χ0v) is 22.1. The molecule has 172 valence electrons. The van der Waals surface area contributed by atoms with Gasteiger partial charge in [0.15, 0.2) is 0 Å². The molecule has 1 aromatic carbocycles. The second-order valence-corrected chi connectivity index (χ2v) is 11.6. The fraction of sp³-hybridized carbons (Fsp3) is 0.269. The predicted molar refractivity (Wildman–Crippen MR) is 140 cm³/mol. The van der Waals surface area contributed by atoms with E-state index in [0.717, 1.165) is 68.6 Å². The van der Waals surface area contributed by atoms with Crippen LogP contribution in [-0.4, -0.2) is 20.6 Å². The van der Waals surface area contributed by atoms with Crippen LogP contribution < -0.4 is 0 Å². The molecule has 5 nitrogen and oxygen atoms in total. The first-order valence-electron chi connectivity index (χ1n) is 11.1. The van der Waals surface area contributed by atoms with Crippen LogP contribution in [0.4, 0.5) is 4.79 Å².